The van der Waals surface area contributed by atoms with Gasteiger partial charge in [0.15, 0.2) is 0 Å². The Morgan fingerprint density at radius 2 is 1.77 bits per heavy atom. The van der Waals surface area contributed by atoms with Gasteiger partial charge < -0.3 is 15.0 Å². The van der Waals surface area contributed by atoms with E-state index in [9.17, 15) is 0 Å². The lowest BCUT2D eigenvalue weighted by atomic mass is 10.2. The van der Waals surface area contributed by atoms with Crippen LogP contribution in [0, 0.1) is 0 Å². The summed E-state index contributed by atoms with van der Waals surface area (Å²) in [5.41, 5.74) is 1.31. The van der Waals surface area contributed by atoms with E-state index in [2.05, 4.69) is 60.2 Å². The van der Waals surface area contributed by atoms with Crippen LogP contribution >= 0.6 is 0 Å². The molecular weight excluding hydrogens is 274 g/mol. The van der Waals surface area contributed by atoms with Crippen molar-refractivity contribution in [3.63, 3.8) is 0 Å². The minimum absolute atomic E-state index is 0.578. The zero-order valence-corrected chi connectivity index (χ0v) is 14.3. The molecule has 1 fully saturated rings. The zero-order chi connectivity index (χ0) is 15.8. The average Bonchev–Trinajstić information content (AvgIpc) is 2.54. The number of anilines is 1. The van der Waals surface area contributed by atoms with Crippen molar-refractivity contribution in [2.75, 3.05) is 50.8 Å². The zero-order valence-electron chi connectivity index (χ0n) is 14.3. The summed E-state index contributed by atoms with van der Waals surface area (Å²) in [4.78, 5) is 5.01. The van der Waals surface area contributed by atoms with E-state index in [1.165, 1.54) is 5.69 Å². The Bertz CT molecular complexity index is 411. The SMILES string of the molecule is CCCOc1ccc(N2CCN(CCNC(C)C)CC2)cc1. The van der Waals surface area contributed by atoms with E-state index in [0.29, 0.717) is 6.04 Å². The highest BCUT2D eigenvalue weighted by atomic mass is 16.5. The number of ether oxygens (including phenoxy) is 1. The van der Waals surface area contributed by atoms with E-state index in [1.807, 2.05) is 0 Å². The first-order valence-electron chi connectivity index (χ1n) is 8.62. The Balaban J connectivity index is 1.74. The van der Waals surface area contributed by atoms with E-state index < -0.39 is 0 Å². The molecule has 1 aromatic rings. The van der Waals surface area contributed by atoms with Gasteiger partial charge in [0.05, 0.1) is 6.61 Å². The predicted molar refractivity (Wildman–Crippen MR) is 94.0 cm³/mol. The van der Waals surface area contributed by atoms with Crippen LogP contribution in [0.25, 0.3) is 0 Å². The van der Waals surface area contributed by atoms with Crippen LogP contribution < -0.4 is 15.0 Å². The lowest BCUT2D eigenvalue weighted by molar-refractivity contribution is 0.255. The molecule has 4 heteroatoms. The van der Waals surface area contributed by atoms with Gasteiger partial charge in [-0.15, -0.1) is 0 Å². The first-order chi connectivity index (χ1) is 10.7. The maximum absolute atomic E-state index is 5.64. The van der Waals surface area contributed by atoms with Gasteiger partial charge in [0.1, 0.15) is 5.75 Å². The van der Waals surface area contributed by atoms with Gasteiger partial charge in [-0.05, 0) is 30.7 Å². The number of piperazine rings is 1. The average molecular weight is 305 g/mol. The summed E-state index contributed by atoms with van der Waals surface area (Å²) in [6.45, 7) is 14.1. The molecule has 1 heterocycles. The molecular formula is C18H31N3O. The van der Waals surface area contributed by atoms with Crippen molar-refractivity contribution in [3.8, 4) is 5.75 Å². The molecule has 22 heavy (non-hydrogen) atoms. The van der Waals surface area contributed by atoms with E-state index >= 15 is 0 Å². The Labute approximate surface area is 135 Å². The third-order valence-electron chi connectivity index (χ3n) is 4.03. The smallest absolute Gasteiger partial charge is 0.119 e. The fraction of sp³-hybridized carbons (Fsp3) is 0.667. The molecule has 1 saturated heterocycles. The molecule has 0 radical (unpaired) electrons. The Morgan fingerprint density at radius 1 is 1.09 bits per heavy atom. The number of benzene rings is 1. The van der Waals surface area contributed by atoms with Crippen molar-refractivity contribution in [2.45, 2.75) is 33.2 Å². The Morgan fingerprint density at radius 3 is 2.36 bits per heavy atom. The largest absolute Gasteiger partial charge is 0.494 e. The van der Waals surface area contributed by atoms with Gasteiger partial charge in [0.25, 0.3) is 0 Å². The maximum atomic E-state index is 5.64. The highest BCUT2D eigenvalue weighted by molar-refractivity contribution is 5.49. The summed E-state index contributed by atoms with van der Waals surface area (Å²) < 4.78 is 5.64. The van der Waals surface area contributed by atoms with Crippen molar-refractivity contribution < 1.29 is 4.74 Å². The second-order valence-electron chi connectivity index (χ2n) is 6.28. The van der Waals surface area contributed by atoms with Gasteiger partial charge in [-0.3, -0.25) is 4.90 Å². The van der Waals surface area contributed by atoms with Crippen LogP contribution in [0.1, 0.15) is 27.2 Å². The quantitative estimate of drug-likeness (QED) is 0.799. The topological polar surface area (TPSA) is 27.7 Å². The molecule has 1 N–H and O–H groups in total. The van der Waals surface area contributed by atoms with Crippen molar-refractivity contribution in [1.82, 2.24) is 10.2 Å². The molecule has 1 aliphatic heterocycles. The van der Waals surface area contributed by atoms with Crippen LogP contribution in [0.2, 0.25) is 0 Å². The number of nitrogens with zero attached hydrogens (tertiary/aromatic N) is 2. The van der Waals surface area contributed by atoms with E-state index in [-0.39, 0.29) is 0 Å². The normalized spacial score (nSPS) is 16.3. The highest BCUT2D eigenvalue weighted by Gasteiger charge is 2.16. The highest BCUT2D eigenvalue weighted by Crippen LogP contribution is 2.20. The maximum Gasteiger partial charge on any atom is 0.119 e. The van der Waals surface area contributed by atoms with Crippen LogP contribution in [-0.4, -0.2) is 56.8 Å². The number of hydrogen-bond acceptors (Lipinski definition) is 4. The van der Waals surface area contributed by atoms with Crippen LogP contribution in [0.3, 0.4) is 0 Å². The van der Waals surface area contributed by atoms with Crippen LogP contribution in [0.4, 0.5) is 5.69 Å². The molecule has 1 aromatic carbocycles. The molecule has 0 aliphatic carbocycles. The Kier molecular flexibility index (Phi) is 7.00. The molecule has 0 amide bonds. The molecule has 0 unspecified atom stereocenters. The summed E-state index contributed by atoms with van der Waals surface area (Å²) in [5, 5.41) is 3.49. The van der Waals surface area contributed by atoms with Crippen molar-refractivity contribution in [2.24, 2.45) is 0 Å². The van der Waals surface area contributed by atoms with E-state index in [0.717, 1.165) is 58.0 Å². The molecule has 0 saturated carbocycles. The number of nitrogens with one attached hydrogen (secondary N) is 1. The first kappa shape index (κ1) is 17.1. The molecule has 4 nitrogen and oxygen atoms in total. The van der Waals surface area contributed by atoms with Crippen molar-refractivity contribution in [1.29, 1.82) is 0 Å². The third kappa shape index (κ3) is 5.50. The van der Waals surface area contributed by atoms with Crippen LogP contribution in [0.5, 0.6) is 5.75 Å². The lowest BCUT2D eigenvalue weighted by Crippen LogP contribution is -2.48. The minimum atomic E-state index is 0.578. The predicted octanol–water partition coefficient (Wildman–Crippen LogP) is 2.60. The number of hydrogen-bond donors (Lipinski definition) is 1. The second-order valence-corrected chi connectivity index (χ2v) is 6.28. The van der Waals surface area contributed by atoms with Gasteiger partial charge in [-0.2, -0.15) is 0 Å². The molecule has 0 aromatic heterocycles. The Hall–Kier alpha value is -1.26. The summed E-state index contributed by atoms with van der Waals surface area (Å²) in [6, 6.07) is 9.12. The van der Waals surface area contributed by atoms with Crippen LogP contribution in [-0.2, 0) is 0 Å². The fourth-order valence-corrected chi connectivity index (χ4v) is 2.71. The molecule has 0 atom stereocenters. The summed E-state index contributed by atoms with van der Waals surface area (Å²) in [6.07, 6.45) is 1.05. The minimum Gasteiger partial charge on any atom is -0.494 e. The van der Waals surface area contributed by atoms with Gasteiger partial charge >= 0.3 is 0 Å². The summed E-state index contributed by atoms with van der Waals surface area (Å²) >= 11 is 0. The molecule has 0 spiro atoms. The molecule has 2 rings (SSSR count). The summed E-state index contributed by atoms with van der Waals surface area (Å²) in [5.74, 6) is 0.976. The number of rotatable bonds is 8. The van der Waals surface area contributed by atoms with Gasteiger partial charge in [-0.1, -0.05) is 20.8 Å². The fourth-order valence-electron chi connectivity index (χ4n) is 2.71. The van der Waals surface area contributed by atoms with Gasteiger partial charge in [-0.25, -0.2) is 0 Å². The second kappa shape index (κ2) is 9.01. The lowest BCUT2D eigenvalue weighted by Gasteiger charge is -2.36. The summed E-state index contributed by atoms with van der Waals surface area (Å²) in [7, 11) is 0. The van der Waals surface area contributed by atoms with Crippen molar-refractivity contribution in [3.05, 3.63) is 24.3 Å². The van der Waals surface area contributed by atoms with E-state index in [1.54, 1.807) is 0 Å². The monoisotopic (exact) mass is 305 g/mol. The van der Waals surface area contributed by atoms with Gasteiger partial charge in [0, 0.05) is 51.0 Å². The molecule has 0 bridgehead atoms. The van der Waals surface area contributed by atoms with Gasteiger partial charge in [0.2, 0.25) is 0 Å². The van der Waals surface area contributed by atoms with E-state index in [4.69, 9.17) is 4.74 Å². The molecule has 1 aliphatic rings. The standard InChI is InChI=1S/C18H31N3O/c1-4-15-22-18-7-5-17(6-8-18)21-13-11-20(12-14-21)10-9-19-16(2)3/h5-8,16,19H,4,9-15H2,1-3H3. The first-order valence-corrected chi connectivity index (χ1v) is 8.62. The van der Waals surface area contributed by atoms with Crippen LogP contribution in [0.15, 0.2) is 24.3 Å². The third-order valence-corrected chi connectivity index (χ3v) is 4.03. The molecule has 124 valence electrons. The van der Waals surface area contributed by atoms with Crippen molar-refractivity contribution >= 4 is 5.69 Å².